The van der Waals surface area contributed by atoms with Crippen LogP contribution in [-0.4, -0.2) is 56.4 Å². The van der Waals surface area contributed by atoms with Gasteiger partial charge in [-0.1, -0.05) is 18.2 Å². The van der Waals surface area contributed by atoms with Crippen LogP contribution >= 0.6 is 0 Å². The number of aromatic nitrogens is 4. The third kappa shape index (κ3) is 2.19. The van der Waals surface area contributed by atoms with Crippen LogP contribution in [0.2, 0.25) is 0 Å². The fourth-order valence-electron chi connectivity index (χ4n) is 4.30. The average Bonchev–Trinajstić information content (AvgIpc) is 3.23. The Kier molecular flexibility index (Phi) is 3.30. The zero-order valence-electron chi connectivity index (χ0n) is 14.9. The van der Waals surface area contributed by atoms with Crippen LogP contribution in [0.1, 0.15) is 29.0 Å². The van der Waals surface area contributed by atoms with Gasteiger partial charge in [-0.05, 0) is 30.5 Å². The van der Waals surface area contributed by atoms with Crippen molar-refractivity contribution in [2.24, 2.45) is 0 Å². The van der Waals surface area contributed by atoms with Crippen LogP contribution in [0.5, 0.6) is 0 Å². The van der Waals surface area contributed by atoms with Gasteiger partial charge in [0.25, 0.3) is 11.7 Å². The van der Waals surface area contributed by atoms with Crippen LogP contribution in [0, 0.1) is 0 Å². The van der Waals surface area contributed by atoms with Crippen LogP contribution in [0.3, 0.4) is 0 Å². The highest BCUT2D eigenvalue weighted by atomic mass is 16.2. The molecule has 0 radical (unpaired) electrons. The van der Waals surface area contributed by atoms with E-state index in [0.29, 0.717) is 18.9 Å². The van der Waals surface area contributed by atoms with Crippen molar-refractivity contribution in [1.29, 1.82) is 0 Å². The van der Waals surface area contributed by atoms with Gasteiger partial charge in [0.2, 0.25) is 11.7 Å². The molecular formula is C19H18N6O2. The van der Waals surface area contributed by atoms with E-state index in [4.69, 9.17) is 0 Å². The van der Waals surface area contributed by atoms with Gasteiger partial charge in [0.1, 0.15) is 0 Å². The Labute approximate surface area is 155 Å². The summed E-state index contributed by atoms with van der Waals surface area (Å²) in [6.45, 7) is 0.928. The van der Waals surface area contributed by atoms with E-state index in [1.54, 1.807) is 35.3 Å². The van der Waals surface area contributed by atoms with E-state index < -0.39 is 5.41 Å². The lowest BCUT2D eigenvalue weighted by molar-refractivity contribution is -0.124. The van der Waals surface area contributed by atoms with Gasteiger partial charge in [0, 0.05) is 38.2 Å². The van der Waals surface area contributed by atoms with Crippen LogP contribution in [0.25, 0.3) is 5.78 Å². The number of benzene rings is 1. The quantitative estimate of drug-likeness (QED) is 0.651. The minimum absolute atomic E-state index is 0.0471. The number of anilines is 1. The number of carbonyl (C=O) groups excluding carboxylic acids is 2. The summed E-state index contributed by atoms with van der Waals surface area (Å²) < 4.78 is 1.48. The van der Waals surface area contributed by atoms with Gasteiger partial charge in [-0.25, -0.2) is 9.50 Å². The van der Waals surface area contributed by atoms with E-state index in [2.05, 4.69) is 15.1 Å². The summed E-state index contributed by atoms with van der Waals surface area (Å²) in [7, 11) is 1.80. The van der Waals surface area contributed by atoms with Gasteiger partial charge in [-0.2, -0.15) is 4.98 Å². The molecule has 8 heteroatoms. The highest BCUT2D eigenvalue weighted by Crippen LogP contribution is 2.46. The Bertz CT molecular complexity index is 1040. The van der Waals surface area contributed by atoms with Crippen molar-refractivity contribution in [3.05, 3.63) is 54.1 Å². The number of hydrogen-bond donors (Lipinski definition) is 0. The average molecular weight is 362 g/mol. The second-order valence-electron chi connectivity index (χ2n) is 7.09. The van der Waals surface area contributed by atoms with Crippen molar-refractivity contribution < 1.29 is 9.59 Å². The standard InChI is InChI=1S/C19H18N6O2/c1-23-14-7-3-2-6-13(14)19(17(23)27)8-4-10-24(12-19)16(26)15-21-18-20-9-5-11-25(18)22-15/h2-3,5-7,9,11H,4,8,10,12H2,1H3/t19-/m1/s1. The normalized spacial score (nSPS) is 21.9. The topological polar surface area (TPSA) is 83.7 Å². The SMILES string of the molecule is CN1C(=O)[C@@]2(CCCN(C(=O)c3nc4ncccn4n3)C2)c2ccccc21. The van der Waals surface area contributed by atoms with Crippen molar-refractivity contribution in [2.45, 2.75) is 18.3 Å². The minimum atomic E-state index is -0.684. The number of amides is 2. The van der Waals surface area contributed by atoms with Gasteiger partial charge in [-0.3, -0.25) is 9.59 Å². The fourth-order valence-corrected chi connectivity index (χ4v) is 4.30. The summed E-state index contributed by atoms with van der Waals surface area (Å²) >= 11 is 0. The van der Waals surface area contributed by atoms with Gasteiger partial charge in [0.15, 0.2) is 0 Å². The lowest BCUT2D eigenvalue weighted by Gasteiger charge is -2.39. The maximum Gasteiger partial charge on any atom is 0.293 e. The molecule has 2 aliphatic rings. The molecule has 136 valence electrons. The first-order chi connectivity index (χ1) is 13.1. The van der Waals surface area contributed by atoms with Crippen LogP contribution in [0.4, 0.5) is 5.69 Å². The van der Waals surface area contributed by atoms with Crippen molar-refractivity contribution in [1.82, 2.24) is 24.5 Å². The Balaban J connectivity index is 1.51. The van der Waals surface area contributed by atoms with Gasteiger partial charge in [-0.15, -0.1) is 5.10 Å². The zero-order chi connectivity index (χ0) is 18.6. The lowest BCUT2D eigenvalue weighted by Crippen LogP contribution is -2.53. The van der Waals surface area contributed by atoms with Crippen molar-refractivity contribution in [3.63, 3.8) is 0 Å². The lowest BCUT2D eigenvalue weighted by atomic mass is 9.75. The van der Waals surface area contributed by atoms with E-state index in [9.17, 15) is 9.59 Å². The Morgan fingerprint density at radius 3 is 2.93 bits per heavy atom. The Morgan fingerprint density at radius 1 is 1.22 bits per heavy atom. The molecule has 0 unspecified atom stereocenters. The molecule has 0 bridgehead atoms. The van der Waals surface area contributed by atoms with Crippen molar-refractivity contribution in [2.75, 3.05) is 25.0 Å². The van der Waals surface area contributed by atoms with Crippen LogP contribution in [0.15, 0.2) is 42.7 Å². The second-order valence-corrected chi connectivity index (χ2v) is 7.09. The zero-order valence-corrected chi connectivity index (χ0v) is 14.9. The molecule has 1 saturated heterocycles. The molecule has 0 saturated carbocycles. The van der Waals surface area contributed by atoms with Gasteiger partial charge < -0.3 is 9.80 Å². The molecule has 1 spiro atoms. The molecule has 3 aromatic rings. The number of likely N-dealkylation sites (N-methyl/N-ethyl adjacent to an activating group) is 1. The van der Waals surface area contributed by atoms with Gasteiger partial charge in [0.05, 0.1) is 5.41 Å². The number of hydrogen-bond acceptors (Lipinski definition) is 5. The molecule has 27 heavy (non-hydrogen) atoms. The molecule has 2 amide bonds. The van der Waals surface area contributed by atoms with E-state index >= 15 is 0 Å². The number of carbonyl (C=O) groups is 2. The van der Waals surface area contributed by atoms with Crippen molar-refractivity contribution >= 4 is 23.3 Å². The first-order valence-electron chi connectivity index (χ1n) is 8.94. The fraction of sp³-hybridized carbons (Fsp3) is 0.316. The molecule has 2 aromatic heterocycles. The summed E-state index contributed by atoms with van der Waals surface area (Å²) in [5.41, 5.74) is 1.24. The number of fused-ring (bicyclic) bond motifs is 3. The molecule has 0 N–H and O–H groups in total. The van der Waals surface area contributed by atoms with E-state index in [1.807, 2.05) is 24.3 Å². The van der Waals surface area contributed by atoms with Crippen LogP contribution in [-0.2, 0) is 10.2 Å². The predicted octanol–water partition coefficient (Wildman–Crippen LogP) is 1.27. The number of nitrogens with zero attached hydrogens (tertiary/aromatic N) is 6. The first-order valence-corrected chi connectivity index (χ1v) is 8.94. The second kappa shape index (κ2) is 5.60. The van der Waals surface area contributed by atoms with E-state index in [0.717, 1.165) is 24.1 Å². The number of piperidine rings is 1. The predicted molar refractivity (Wildman–Crippen MR) is 97.4 cm³/mol. The van der Waals surface area contributed by atoms with Gasteiger partial charge >= 0.3 is 0 Å². The third-order valence-electron chi connectivity index (χ3n) is 5.58. The molecule has 5 rings (SSSR count). The Morgan fingerprint density at radius 2 is 2.07 bits per heavy atom. The molecule has 0 aliphatic carbocycles. The molecule has 2 aliphatic heterocycles. The molecular weight excluding hydrogens is 344 g/mol. The molecule has 4 heterocycles. The molecule has 8 nitrogen and oxygen atoms in total. The summed E-state index contributed by atoms with van der Waals surface area (Å²) in [6, 6.07) is 9.57. The van der Waals surface area contributed by atoms with Crippen molar-refractivity contribution in [3.8, 4) is 0 Å². The largest absolute Gasteiger partial charge is 0.334 e. The summed E-state index contributed by atoms with van der Waals surface area (Å²) in [4.78, 5) is 37.9. The first kappa shape index (κ1) is 15.9. The molecule has 1 aromatic carbocycles. The Hall–Kier alpha value is -3.29. The minimum Gasteiger partial charge on any atom is -0.334 e. The van der Waals surface area contributed by atoms with Crippen LogP contribution < -0.4 is 4.90 Å². The smallest absolute Gasteiger partial charge is 0.293 e. The molecule has 1 atom stereocenters. The van der Waals surface area contributed by atoms with E-state index in [-0.39, 0.29) is 17.6 Å². The maximum absolute atomic E-state index is 13.1. The summed E-state index contributed by atoms with van der Waals surface area (Å²) in [5, 5.41) is 4.24. The monoisotopic (exact) mass is 362 g/mol. The number of rotatable bonds is 1. The molecule has 1 fully saturated rings. The summed E-state index contributed by atoms with van der Waals surface area (Å²) in [6.07, 6.45) is 4.80. The third-order valence-corrected chi connectivity index (χ3v) is 5.58. The summed E-state index contributed by atoms with van der Waals surface area (Å²) in [5.74, 6) is 0.276. The van der Waals surface area contributed by atoms with E-state index in [1.165, 1.54) is 4.52 Å². The number of para-hydroxylation sites is 1. The number of likely N-dealkylation sites (tertiary alicyclic amines) is 1. The maximum atomic E-state index is 13.1. The highest BCUT2D eigenvalue weighted by molar-refractivity contribution is 6.08. The highest BCUT2D eigenvalue weighted by Gasteiger charge is 2.52.